The molecule has 0 atom stereocenters. The molecule has 0 unspecified atom stereocenters. The highest BCUT2D eigenvalue weighted by Gasteiger charge is 2.03. The average molecular weight is 229 g/mol. The second kappa shape index (κ2) is 3.85. The molecule has 1 rings (SSSR count). The number of halogens is 2. The summed E-state index contributed by atoms with van der Waals surface area (Å²) in [6, 6.07) is 5.16. The number of benzene rings is 1. The minimum absolute atomic E-state index is 0.195. The van der Waals surface area contributed by atoms with Gasteiger partial charge in [-0.3, -0.25) is 0 Å². The molecule has 1 aromatic rings. The van der Waals surface area contributed by atoms with Crippen molar-refractivity contribution >= 4 is 21.5 Å². The first kappa shape index (κ1) is 9.46. The van der Waals surface area contributed by atoms with Gasteiger partial charge in [-0.05, 0) is 24.1 Å². The van der Waals surface area contributed by atoms with E-state index in [9.17, 15) is 4.39 Å². The Kier molecular flexibility index (Phi) is 3.04. The van der Waals surface area contributed by atoms with Gasteiger partial charge < -0.3 is 0 Å². The van der Waals surface area contributed by atoms with Crippen molar-refractivity contribution < 1.29 is 4.39 Å². The van der Waals surface area contributed by atoms with E-state index in [1.165, 1.54) is 6.07 Å². The van der Waals surface area contributed by atoms with Crippen molar-refractivity contribution in [1.82, 2.24) is 0 Å². The summed E-state index contributed by atoms with van der Waals surface area (Å²) in [5.41, 5.74) is 2.29. The third-order valence-corrected chi connectivity index (χ3v) is 2.34. The van der Waals surface area contributed by atoms with Crippen LogP contribution in [0.25, 0.3) is 5.57 Å². The molecule has 0 N–H and O–H groups in total. The Morgan fingerprint density at radius 2 is 2.25 bits per heavy atom. The van der Waals surface area contributed by atoms with Gasteiger partial charge >= 0.3 is 0 Å². The standard InChI is InChI=1S/C10H10BrF/c1-7-3-4-9(8(2)6-11)10(12)5-7/h3-5H,2,6H2,1H3. The fourth-order valence-electron chi connectivity index (χ4n) is 0.979. The van der Waals surface area contributed by atoms with Crippen LogP contribution in [0.3, 0.4) is 0 Å². The second-order valence-electron chi connectivity index (χ2n) is 2.72. The number of aryl methyl sites for hydroxylation is 1. The quantitative estimate of drug-likeness (QED) is 0.680. The second-order valence-corrected chi connectivity index (χ2v) is 3.28. The third kappa shape index (κ3) is 1.95. The molecule has 0 saturated heterocycles. The van der Waals surface area contributed by atoms with Crippen molar-refractivity contribution in [3.8, 4) is 0 Å². The maximum atomic E-state index is 13.2. The van der Waals surface area contributed by atoms with Crippen molar-refractivity contribution in [2.45, 2.75) is 6.92 Å². The van der Waals surface area contributed by atoms with Crippen LogP contribution in [0.2, 0.25) is 0 Å². The van der Waals surface area contributed by atoms with Gasteiger partial charge in [-0.1, -0.05) is 34.6 Å². The lowest BCUT2D eigenvalue weighted by atomic mass is 10.1. The molecule has 0 nitrogen and oxygen atoms in total. The van der Waals surface area contributed by atoms with Gasteiger partial charge in [0.05, 0.1) is 0 Å². The van der Waals surface area contributed by atoms with Crippen LogP contribution in [0.15, 0.2) is 24.8 Å². The lowest BCUT2D eigenvalue weighted by Gasteiger charge is -2.03. The molecule has 0 amide bonds. The predicted octanol–water partition coefficient (Wildman–Crippen LogP) is 3.54. The topological polar surface area (TPSA) is 0 Å². The summed E-state index contributed by atoms with van der Waals surface area (Å²) in [7, 11) is 0. The van der Waals surface area contributed by atoms with Gasteiger partial charge in [0.25, 0.3) is 0 Å². The molecule has 0 bridgehead atoms. The lowest BCUT2D eigenvalue weighted by molar-refractivity contribution is 0.623. The zero-order valence-corrected chi connectivity index (χ0v) is 8.49. The minimum Gasteiger partial charge on any atom is -0.206 e. The highest BCUT2D eigenvalue weighted by Crippen LogP contribution is 2.19. The first-order valence-electron chi connectivity index (χ1n) is 3.65. The van der Waals surface area contributed by atoms with Crippen molar-refractivity contribution in [1.29, 1.82) is 0 Å². The van der Waals surface area contributed by atoms with E-state index in [0.717, 1.165) is 11.1 Å². The Morgan fingerprint density at radius 1 is 1.58 bits per heavy atom. The van der Waals surface area contributed by atoms with E-state index >= 15 is 0 Å². The lowest BCUT2D eigenvalue weighted by Crippen LogP contribution is -1.90. The maximum Gasteiger partial charge on any atom is 0.130 e. The van der Waals surface area contributed by atoms with Gasteiger partial charge in [0.1, 0.15) is 5.82 Å². The monoisotopic (exact) mass is 228 g/mol. The fraction of sp³-hybridized carbons (Fsp3) is 0.200. The Hall–Kier alpha value is -0.630. The molecule has 0 fully saturated rings. The van der Waals surface area contributed by atoms with E-state index in [1.807, 2.05) is 13.0 Å². The molecule has 0 saturated carbocycles. The summed E-state index contributed by atoms with van der Waals surface area (Å²) in [5, 5.41) is 0.604. The molecule has 0 aliphatic heterocycles. The summed E-state index contributed by atoms with van der Waals surface area (Å²) >= 11 is 3.24. The molecular weight excluding hydrogens is 219 g/mol. The molecule has 0 radical (unpaired) electrons. The molecule has 1 aromatic carbocycles. The van der Waals surface area contributed by atoms with Crippen LogP contribution < -0.4 is 0 Å². The summed E-state index contributed by atoms with van der Waals surface area (Å²) in [5.74, 6) is -0.195. The van der Waals surface area contributed by atoms with Crippen molar-refractivity contribution in [2.24, 2.45) is 0 Å². The Bertz CT molecular complexity index is 305. The number of rotatable bonds is 2. The largest absolute Gasteiger partial charge is 0.206 e. The van der Waals surface area contributed by atoms with Crippen LogP contribution in [0.4, 0.5) is 4.39 Å². The van der Waals surface area contributed by atoms with Gasteiger partial charge in [-0.25, -0.2) is 4.39 Å². The summed E-state index contributed by atoms with van der Waals surface area (Å²) < 4.78 is 13.2. The molecule has 0 aromatic heterocycles. The Labute approximate surface area is 80.2 Å². The van der Waals surface area contributed by atoms with E-state index in [1.54, 1.807) is 6.07 Å². The van der Waals surface area contributed by atoms with Crippen molar-refractivity contribution in [3.05, 3.63) is 41.7 Å². The van der Waals surface area contributed by atoms with Crippen molar-refractivity contribution in [3.63, 3.8) is 0 Å². The maximum absolute atomic E-state index is 13.2. The highest BCUT2D eigenvalue weighted by molar-refractivity contribution is 9.09. The average Bonchev–Trinajstić information content (AvgIpc) is 2.03. The molecule has 0 heterocycles. The first-order valence-corrected chi connectivity index (χ1v) is 4.77. The number of hydrogen-bond acceptors (Lipinski definition) is 0. The molecule has 64 valence electrons. The first-order chi connectivity index (χ1) is 5.65. The van der Waals surface area contributed by atoms with Crippen LogP contribution in [-0.4, -0.2) is 5.33 Å². The highest BCUT2D eigenvalue weighted by atomic mass is 79.9. The van der Waals surface area contributed by atoms with E-state index in [0.29, 0.717) is 10.9 Å². The number of hydrogen-bond donors (Lipinski definition) is 0. The van der Waals surface area contributed by atoms with Crippen molar-refractivity contribution in [2.75, 3.05) is 5.33 Å². The molecule has 2 heteroatoms. The van der Waals surface area contributed by atoms with Crippen LogP contribution in [0.1, 0.15) is 11.1 Å². The molecule has 12 heavy (non-hydrogen) atoms. The predicted molar refractivity (Wildman–Crippen MR) is 54.0 cm³/mol. The van der Waals surface area contributed by atoms with E-state index in [2.05, 4.69) is 22.5 Å². The zero-order chi connectivity index (χ0) is 9.14. The molecular formula is C10H10BrF. The minimum atomic E-state index is -0.195. The number of alkyl halides is 1. The summed E-state index contributed by atoms with van der Waals surface area (Å²) in [6.45, 7) is 5.61. The van der Waals surface area contributed by atoms with Gasteiger partial charge in [-0.15, -0.1) is 0 Å². The molecule has 0 aliphatic carbocycles. The Morgan fingerprint density at radius 3 is 2.75 bits per heavy atom. The smallest absolute Gasteiger partial charge is 0.130 e. The van der Waals surface area contributed by atoms with Crippen LogP contribution in [-0.2, 0) is 0 Å². The van der Waals surface area contributed by atoms with Gasteiger partial charge in [0, 0.05) is 10.9 Å². The van der Waals surface area contributed by atoms with Crippen LogP contribution >= 0.6 is 15.9 Å². The van der Waals surface area contributed by atoms with Crippen LogP contribution in [0, 0.1) is 12.7 Å². The van der Waals surface area contributed by atoms with E-state index in [-0.39, 0.29) is 5.82 Å². The van der Waals surface area contributed by atoms with E-state index in [4.69, 9.17) is 0 Å². The van der Waals surface area contributed by atoms with Gasteiger partial charge in [-0.2, -0.15) is 0 Å². The summed E-state index contributed by atoms with van der Waals surface area (Å²) in [4.78, 5) is 0. The van der Waals surface area contributed by atoms with E-state index < -0.39 is 0 Å². The third-order valence-electron chi connectivity index (χ3n) is 1.67. The zero-order valence-electron chi connectivity index (χ0n) is 6.90. The SMILES string of the molecule is C=C(CBr)c1ccc(C)cc1F. The Balaban J connectivity index is 3.09. The molecule has 0 spiro atoms. The van der Waals surface area contributed by atoms with Gasteiger partial charge in [0.15, 0.2) is 0 Å². The summed E-state index contributed by atoms with van der Waals surface area (Å²) in [6.07, 6.45) is 0. The normalized spacial score (nSPS) is 9.92. The fourth-order valence-corrected chi connectivity index (χ4v) is 1.28. The van der Waals surface area contributed by atoms with Crippen LogP contribution in [0.5, 0.6) is 0 Å². The number of allylic oxidation sites excluding steroid dienone is 1. The molecule has 0 aliphatic rings. The van der Waals surface area contributed by atoms with Gasteiger partial charge in [0.2, 0.25) is 0 Å².